The van der Waals surface area contributed by atoms with Crippen LogP contribution in [0.5, 0.6) is 5.75 Å². The molecule has 1 aliphatic rings. The van der Waals surface area contributed by atoms with Gasteiger partial charge in [0, 0.05) is 38.4 Å². The molecule has 1 amide bonds. The number of hydrogen-bond donors (Lipinski definition) is 0. The van der Waals surface area contributed by atoms with Crippen LogP contribution in [-0.2, 0) is 36.3 Å². The van der Waals surface area contributed by atoms with E-state index in [0.29, 0.717) is 37.9 Å². The molecular formula is C25H30ClN5O3. The van der Waals surface area contributed by atoms with Crippen molar-refractivity contribution < 1.29 is 14.3 Å². The van der Waals surface area contributed by atoms with Gasteiger partial charge in [-0.2, -0.15) is 5.10 Å². The van der Waals surface area contributed by atoms with E-state index in [4.69, 9.17) is 21.1 Å². The molecule has 0 N–H and O–H groups in total. The zero-order valence-electron chi connectivity index (χ0n) is 19.8. The van der Waals surface area contributed by atoms with Gasteiger partial charge in [-0.25, -0.2) is 0 Å². The Morgan fingerprint density at radius 2 is 2.00 bits per heavy atom. The average Bonchev–Trinajstić information content (AvgIpc) is 2.98. The molecule has 1 saturated heterocycles. The van der Waals surface area contributed by atoms with E-state index in [0.717, 1.165) is 28.3 Å². The van der Waals surface area contributed by atoms with Crippen molar-refractivity contribution in [3.63, 3.8) is 0 Å². The van der Waals surface area contributed by atoms with Crippen molar-refractivity contribution in [1.82, 2.24) is 24.6 Å². The molecule has 2 aromatic heterocycles. The minimum absolute atomic E-state index is 0.0378. The Morgan fingerprint density at radius 1 is 1.15 bits per heavy atom. The second-order valence-corrected chi connectivity index (χ2v) is 8.89. The van der Waals surface area contributed by atoms with Crippen LogP contribution in [0.25, 0.3) is 0 Å². The smallest absolute Gasteiger partial charge is 0.237 e. The molecule has 3 aromatic rings. The SMILES string of the molecule is COc1cccc(CO[C@@H]2CN(Cc3c(C)nn(C)c3Cl)CC(=O)N(Cc3ccccn3)C2)c1. The first kappa shape index (κ1) is 24.2. The summed E-state index contributed by atoms with van der Waals surface area (Å²) in [6, 6.07) is 13.6. The predicted molar refractivity (Wildman–Crippen MR) is 129 cm³/mol. The number of carbonyl (C=O) groups excluding carboxylic acids is 1. The number of carbonyl (C=O) groups is 1. The van der Waals surface area contributed by atoms with Gasteiger partial charge in [0.1, 0.15) is 10.9 Å². The molecule has 1 atom stereocenters. The van der Waals surface area contributed by atoms with E-state index in [1.54, 1.807) is 18.0 Å². The topological polar surface area (TPSA) is 72.7 Å². The fourth-order valence-electron chi connectivity index (χ4n) is 4.17. The average molecular weight is 484 g/mol. The number of halogens is 1. The van der Waals surface area contributed by atoms with E-state index < -0.39 is 0 Å². The van der Waals surface area contributed by atoms with Gasteiger partial charge >= 0.3 is 0 Å². The monoisotopic (exact) mass is 483 g/mol. The van der Waals surface area contributed by atoms with Crippen molar-refractivity contribution in [1.29, 1.82) is 0 Å². The minimum atomic E-state index is -0.183. The minimum Gasteiger partial charge on any atom is -0.497 e. The van der Waals surface area contributed by atoms with Crippen molar-refractivity contribution in [2.24, 2.45) is 7.05 Å². The normalized spacial score (nSPS) is 17.1. The molecule has 1 aromatic carbocycles. The number of hydrogen-bond acceptors (Lipinski definition) is 6. The van der Waals surface area contributed by atoms with Gasteiger partial charge in [0.05, 0.1) is 44.3 Å². The lowest BCUT2D eigenvalue weighted by molar-refractivity contribution is -0.132. The highest BCUT2D eigenvalue weighted by Crippen LogP contribution is 2.23. The number of aromatic nitrogens is 3. The zero-order valence-corrected chi connectivity index (χ0v) is 20.5. The quantitative estimate of drug-likeness (QED) is 0.490. The Hall–Kier alpha value is -2.94. The zero-order chi connectivity index (χ0) is 24.1. The first-order valence-electron chi connectivity index (χ1n) is 11.3. The highest BCUT2D eigenvalue weighted by molar-refractivity contribution is 6.30. The number of benzene rings is 1. The van der Waals surface area contributed by atoms with Crippen LogP contribution >= 0.6 is 11.6 Å². The molecule has 0 unspecified atom stereocenters. The van der Waals surface area contributed by atoms with Gasteiger partial charge < -0.3 is 14.4 Å². The van der Waals surface area contributed by atoms with E-state index in [1.165, 1.54) is 0 Å². The number of ether oxygens (including phenoxy) is 2. The lowest BCUT2D eigenvalue weighted by Crippen LogP contribution is -2.37. The highest BCUT2D eigenvalue weighted by Gasteiger charge is 2.30. The van der Waals surface area contributed by atoms with Crippen LogP contribution in [0.3, 0.4) is 0 Å². The summed E-state index contributed by atoms with van der Waals surface area (Å²) in [4.78, 5) is 21.5. The summed E-state index contributed by atoms with van der Waals surface area (Å²) >= 11 is 6.48. The lowest BCUT2D eigenvalue weighted by atomic mass is 10.2. The van der Waals surface area contributed by atoms with Gasteiger partial charge in [-0.3, -0.25) is 19.4 Å². The molecule has 9 heteroatoms. The molecule has 0 radical (unpaired) electrons. The number of methoxy groups -OCH3 is 1. The standard InChI is InChI=1S/C25H30ClN5O3/c1-18-23(25(26)29(2)28-18)15-30-13-22(34-17-19-7-6-9-21(11-19)33-3)14-31(24(32)16-30)12-20-8-4-5-10-27-20/h4-11,22H,12-17H2,1-3H3/t22-/m1/s1. The molecule has 1 aliphatic heterocycles. The second-order valence-electron chi connectivity index (χ2n) is 8.53. The van der Waals surface area contributed by atoms with Crippen LogP contribution in [0.2, 0.25) is 5.15 Å². The maximum atomic E-state index is 13.2. The number of amides is 1. The Morgan fingerprint density at radius 3 is 2.71 bits per heavy atom. The predicted octanol–water partition coefficient (Wildman–Crippen LogP) is 3.22. The Balaban J connectivity index is 1.52. The highest BCUT2D eigenvalue weighted by atomic mass is 35.5. The summed E-state index contributed by atoms with van der Waals surface area (Å²) in [6.45, 7) is 4.68. The van der Waals surface area contributed by atoms with Crippen molar-refractivity contribution in [3.05, 3.63) is 76.3 Å². The third kappa shape index (κ3) is 5.94. The van der Waals surface area contributed by atoms with Gasteiger partial charge in [-0.15, -0.1) is 0 Å². The number of nitrogens with zero attached hydrogens (tertiary/aromatic N) is 5. The van der Waals surface area contributed by atoms with Crippen LogP contribution in [-0.4, -0.2) is 63.3 Å². The van der Waals surface area contributed by atoms with Gasteiger partial charge in [0.25, 0.3) is 0 Å². The van der Waals surface area contributed by atoms with E-state index in [1.807, 2.05) is 61.3 Å². The molecular weight excluding hydrogens is 454 g/mol. The van der Waals surface area contributed by atoms with Gasteiger partial charge in [-0.05, 0) is 36.8 Å². The number of rotatable bonds is 8. The molecule has 34 heavy (non-hydrogen) atoms. The number of aryl methyl sites for hydroxylation is 2. The molecule has 0 saturated carbocycles. The number of pyridine rings is 1. The van der Waals surface area contributed by atoms with Crippen LogP contribution in [0.1, 0.15) is 22.5 Å². The van der Waals surface area contributed by atoms with E-state index in [-0.39, 0.29) is 18.6 Å². The maximum Gasteiger partial charge on any atom is 0.237 e. The Kier molecular flexibility index (Phi) is 7.82. The van der Waals surface area contributed by atoms with Crippen molar-refractivity contribution in [2.45, 2.75) is 32.7 Å². The third-order valence-corrected chi connectivity index (χ3v) is 6.42. The molecule has 0 aliphatic carbocycles. The molecule has 1 fully saturated rings. The van der Waals surface area contributed by atoms with Gasteiger partial charge in [0.2, 0.25) is 5.91 Å². The summed E-state index contributed by atoms with van der Waals surface area (Å²) in [6.07, 6.45) is 1.56. The van der Waals surface area contributed by atoms with Crippen LogP contribution < -0.4 is 4.74 Å². The largest absolute Gasteiger partial charge is 0.497 e. The summed E-state index contributed by atoms with van der Waals surface area (Å²) in [5.41, 5.74) is 3.66. The van der Waals surface area contributed by atoms with Gasteiger partial charge in [0.15, 0.2) is 0 Å². The summed E-state index contributed by atoms with van der Waals surface area (Å²) in [7, 11) is 3.47. The first-order chi connectivity index (χ1) is 16.4. The van der Waals surface area contributed by atoms with Gasteiger partial charge in [-0.1, -0.05) is 29.8 Å². The molecule has 180 valence electrons. The van der Waals surface area contributed by atoms with Crippen molar-refractivity contribution in [2.75, 3.05) is 26.7 Å². The van der Waals surface area contributed by atoms with E-state index in [2.05, 4.69) is 15.0 Å². The molecule has 8 nitrogen and oxygen atoms in total. The Bertz CT molecular complexity index is 1120. The second kappa shape index (κ2) is 11.0. The summed E-state index contributed by atoms with van der Waals surface area (Å²) in [5.74, 6) is 0.827. The first-order valence-corrected chi connectivity index (χ1v) is 11.6. The fraction of sp³-hybridized carbons (Fsp3) is 0.400. The van der Waals surface area contributed by atoms with E-state index in [9.17, 15) is 4.79 Å². The Labute approximate surface area is 205 Å². The summed E-state index contributed by atoms with van der Waals surface area (Å²) < 4.78 is 13.3. The summed E-state index contributed by atoms with van der Waals surface area (Å²) in [5, 5.41) is 5.00. The van der Waals surface area contributed by atoms with Crippen LogP contribution in [0.15, 0.2) is 48.7 Å². The van der Waals surface area contributed by atoms with Crippen molar-refractivity contribution >= 4 is 17.5 Å². The molecule has 4 rings (SSSR count). The molecule has 0 spiro atoms. The van der Waals surface area contributed by atoms with Crippen molar-refractivity contribution in [3.8, 4) is 5.75 Å². The molecule has 0 bridgehead atoms. The van der Waals surface area contributed by atoms with Crippen LogP contribution in [0, 0.1) is 6.92 Å². The van der Waals surface area contributed by atoms with E-state index >= 15 is 0 Å². The third-order valence-electron chi connectivity index (χ3n) is 5.95. The maximum absolute atomic E-state index is 13.2. The van der Waals surface area contributed by atoms with Crippen LogP contribution in [0.4, 0.5) is 0 Å². The lowest BCUT2D eigenvalue weighted by Gasteiger charge is -2.25. The fourth-order valence-corrected chi connectivity index (χ4v) is 4.40. The molecule has 3 heterocycles.